The van der Waals surface area contributed by atoms with E-state index in [1.807, 2.05) is 73.7 Å². The second kappa shape index (κ2) is 9.93. The van der Waals surface area contributed by atoms with Gasteiger partial charge in [-0.1, -0.05) is 93.9 Å². The summed E-state index contributed by atoms with van der Waals surface area (Å²) in [7, 11) is 0. The lowest BCUT2D eigenvalue weighted by Gasteiger charge is -2.37. The van der Waals surface area contributed by atoms with Crippen LogP contribution in [-0.4, -0.2) is 17.9 Å². The van der Waals surface area contributed by atoms with Crippen LogP contribution >= 0.6 is 0 Å². The molecule has 0 radical (unpaired) electrons. The summed E-state index contributed by atoms with van der Waals surface area (Å²) in [6.07, 6.45) is 7.01. The average Bonchev–Trinajstić information content (AvgIpc) is 3.14. The van der Waals surface area contributed by atoms with Crippen LogP contribution in [0.15, 0.2) is 77.5 Å². The summed E-state index contributed by atoms with van der Waals surface area (Å²) in [5.41, 5.74) is 5.29. The molecule has 2 aromatic rings. The van der Waals surface area contributed by atoms with Crippen LogP contribution in [-0.2, 0) is 9.53 Å². The molecular formula is C32H35NO3. The molecule has 0 unspecified atom stereocenters. The van der Waals surface area contributed by atoms with Crippen molar-refractivity contribution in [1.29, 1.82) is 0 Å². The molecule has 4 atom stereocenters. The van der Waals surface area contributed by atoms with Crippen LogP contribution in [0.2, 0.25) is 0 Å². The molecule has 0 bridgehead atoms. The average molecular weight is 482 g/mol. The van der Waals surface area contributed by atoms with E-state index in [1.165, 1.54) is 6.42 Å². The number of esters is 1. The number of ether oxygens (including phenoxy) is 1. The summed E-state index contributed by atoms with van der Waals surface area (Å²) in [6, 6.07) is 17.6. The third-order valence-corrected chi connectivity index (χ3v) is 8.01. The Bertz CT molecular complexity index is 1270. The van der Waals surface area contributed by atoms with Gasteiger partial charge in [-0.2, -0.15) is 0 Å². The molecular weight excluding hydrogens is 446 g/mol. The van der Waals surface area contributed by atoms with Gasteiger partial charge in [0.15, 0.2) is 5.78 Å². The first-order valence-electron chi connectivity index (χ1n) is 13.2. The molecule has 2 aromatic carbocycles. The number of benzene rings is 2. The molecule has 1 saturated carbocycles. The van der Waals surface area contributed by atoms with Crippen LogP contribution in [0.5, 0.6) is 0 Å². The third kappa shape index (κ3) is 4.45. The number of carbonyl (C=O) groups is 2. The zero-order chi connectivity index (χ0) is 25.4. The summed E-state index contributed by atoms with van der Waals surface area (Å²) in [6.45, 7) is 8.58. The van der Waals surface area contributed by atoms with Gasteiger partial charge >= 0.3 is 5.97 Å². The van der Waals surface area contributed by atoms with Gasteiger partial charge in [-0.3, -0.25) is 4.79 Å². The fraction of sp³-hybridized carbons (Fsp3) is 0.375. The Morgan fingerprint density at radius 1 is 1.03 bits per heavy atom. The molecule has 0 aromatic heterocycles. The molecule has 1 heterocycles. The van der Waals surface area contributed by atoms with E-state index in [0.717, 1.165) is 35.4 Å². The number of fused-ring (bicyclic) bond motifs is 2. The molecule has 1 fully saturated rings. The van der Waals surface area contributed by atoms with Gasteiger partial charge in [-0.05, 0) is 43.1 Å². The van der Waals surface area contributed by atoms with Crippen LogP contribution in [0, 0.1) is 23.7 Å². The molecule has 1 N–H and O–H groups in total. The number of ketones is 1. The Hall–Kier alpha value is -3.40. The molecule has 36 heavy (non-hydrogen) atoms. The van der Waals surface area contributed by atoms with Gasteiger partial charge in [0.25, 0.3) is 0 Å². The van der Waals surface area contributed by atoms with Crippen LogP contribution in [0.1, 0.15) is 68.4 Å². The van der Waals surface area contributed by atoms with Gasteiger partial charge < -0.3 is 10.1 Å². The van der Waals surface area contributed by atoms with Gasteiger partial charge in [0.05, 0.1) is 11.3 Å². The minimum atomic E-state index is -0.479. The van der Waals surface area contributed by atoms with Gasteiger partial charge in [0.1, 0.15) is 6.10 Å². The molecule has 1 aliphatic heterocycles. The fourth-order valence-corrected chi connectivity index (χ4v) is 6.06. The lowest BCUT2D eigenvalue weighted by atomic mass is 9.75. The number of Topliss-reactive ketones (excluding diaryl/α,β-unsaturated/α-hetero) is 1. The number of carbonyl (C=O) groups excluding carboxylic acids is 2. The number of rotatable bonds is 5. The number of allylic oxidation sites excluding steroid dienone is 3. The molecule has 3 aliphatic rings. The highest BCUT2D eigenvalue weighted by Gasteiger charge is 2.42. The van der Waals surface area contributed by atoms with Crippen molar-refractivity contribution in [2.75, 3.05) is 0 Å². The maximum atomic E-state index is 13.9. The predicted molar refractivity (Wildman–Crippen MR) is 144 cm³/mol. The Morgan fingerprint density at radius 3 is 2.44 bits per heavy atom. The van der Waals surface area contributed by atoms with Gasteiger partial charge in [-0.15, -0.1) is 0 Å². The third-order valence-electron chi connectivity index (χ3n) is 8.01. The highest BCUT2D eigenvalue weighted by Crippen LogP contribution is 2.44. The van der Waals surface area contributed by atoms with E-state index in [2.05, 4.69) is 26.1 Å². The van der Waals surface area contributed by atoms with E-state index in [1.54, 1.807) is 0 Å². The van der Waals surface area contributed by atoms with E-state index >= 15 is 0 Å². The van der Waals surface area contributed by atoms with Crippen molar-refractivity contribution >= 4 is 23.5 Å². The standard InChI is InChI=1S/C32H35NO3/c1-19(2)23-16-14-20(3)18-27(23)36-32(35)28-21(4)33-30-24-12-8-9-13-25(24)31(34)29(30)26(28)17-15-22-10-6-5-7-11-22/h5-13,15,17,19-20,23,26-27,33H,14,16,18H2,1-4H3/b17-15+/t20-,23+,26+,27+/m0/s1. The Balaban J connectivity index is 1.52. The minimum Gasteiger partial charge on any atom is -0.459 e. The monoisotopic (exact) mass is 481 g/mol. The molecule has 5 rings (SSSR count). The molecule has 0 amide bonds. The van der Waals surface area contributed by atoms with Crippen molar-refractivity contribution in [2.45, 2.75) is 53.1 Å². The highest BCUT2D eigenvalue weighted by atomic mass is 16.5. The Labute approximate surface area is 214 Å². The maximum Gasteiger partial charge on any atom is 0.337 e. The van der Waals surface area contributed by atoms with Crippen molar-refractivity contribution in [3.8, 4) is 0 Å². The van der Waals surface area contributed by atoms with E-state index in [-0.39, 0.29) is 17.9 Å². The second-order valence-corrected chi connectivity index (χ2v) is 10.8. The van der Waals surface area contributed by atoms with E-state index in [9.17, 15) is 9.59 Å². The van der Waals surface area contributed by atoms with E-state index in [0.29, 0.717) is 34.5 Å². The first-order valence-corrected chi connectivity index (χ1v) is 13.2. The van der Waals surface area contributed by atoms with Gasteiger partial charge in [-0.25, -0.2) is 4.79 Å². The lowest BCUT2D eigenvalue weighted by Crippen LogP contribution is -2.38. The summed E-state index contributed by atoms with van der Waals surface area (Å²) in [5.74, 6) is 0.512. The number of nitrogens with one attached hydrogen (secondary N) is 1. The molecule has 4 heteroatoms. The highest BCUT2D eigenvalue weighted by molar-refractivity contribution is 6.22. The second-order valence-electron chi connectivity index (χ2n) is 10.8. The molecule has 186 valence electrons. The fourth-order valence-electron chi connectivity index (χ4n) is 6.06. The lowest BCUT2D eigenvalue weighted by molar-refractivity contribution is -0.151. The Morgan fingerprint density at radius 2 is 1.72 bits per heavy atom. The van der Waals surface area contributed by atoms with Crippen molar-refractivity contribution in [3.63, 3.8) is 0 Å². The van der Waals surface area contributed by atoms with E-state index < -0.39 is 5.92 Å². The maximum absolute atomic E-state index is 13.9. The van der Waals surface area contributed by atoms with Crippen molar-refractivity contribution in [2.24, 2.45) is 23.7 Å². The van der Waals surface area contributed by atoms with Crippen LogP contribution < -0.4 is 5.32 Å². The normalized spacial score (nSPS) is 25.8. The van der Waals surface area contributed by atoms with Crippen molar-refractivity contribution in [1.82, 2.24) is 5.32 Å². The molecule has 0 saturated heterocycles. The zero-order valence-corrected chi connectivity index (χ0v) is 21.6. The SMILES string of the molecule is CC1=C(C(=O)O[C@@H]2C[C@@H](C)CC[C@@H]2C(C)C)[C@@H](/C=C/c2ccccc2)C2=C(N1)c1ccccc1C2=O. The van der Waals surface area contributed by atoms with Crippen molar-refractivity contribution < 1.29 is 14.3 Å². The van der Waals surface area contributed by atoms with E-state index in [4.69, 9.17) is 4.74 Å². The number of hydrogen-bond donors (Lipinski definition) is 1. The number of hydrogen-bond acceptors (Lipinski definition) is 4. The molecule has 0 spiro atoms. The number of dihydropyridines is 1. The smallest absolute Gasteiger partial charge is 0.337 e. The van der Waals surface area contributed by atoms with Crippen LogP contribution in [0.25, 0.3) is 11.8 Å². The summed E-state index contributed by atoms with van der Waals surface area (Å²) >= 11 is 0. The van der Waals surface area contributed by atoms with Crippen LogP contribution in [0.3, 0.4) is 0 Å². The van der Waals surface area contributed by atoms with Crippen LogP contribution in [0.4, 0.5) is 0 Å². The first-order chi connectivity index (χ1) is 17.3. The minimum absolute atomic E-state index is 0.0278. The molecule has 4 nitrogen and oxygen atoms in total. The Kier molecular flexibility index (Phi) is 6.70. The van der Waals surface area contributed by atoms with Gasteiger partial charge in [0, 0.05) is 28.3 Å². The quantitative estimate of drug-likeness (QED) is 0.477. The summed E-state index contributed by atoms with van der Waals surface area (Å²) < 4.78 is 6.28. The molecule has 2 aliphatic carbocycles. The zero-order valence-electron chi connectivity index (χ0n) is 21.6. The summed E-state index contributed by atoms with van der Waals surface area (Å²) in [4.78, 5) is 27.4. The summed E-state index contributed by atoms with van der Waals surface area (Å²) in [5, 5.41) is 3.41. The van der Waals surface area contributed by atoms with Crippen molar-refractivity contribution in [3.05, 3.63) is 94.2 Å². The first kappa shape index (κ1) is 24.3. The van der Waals surface area contributed by atoms with Gasteiger partial charge in [0.2, 0.25) is 0 Å². The topological polar surface area (TPSA) is 55.4 Å². The largest absolute Gasteiger partial charge is 0.459 e. The predicted octanol–water partition coefficient (Wildman–Crippen LogP) is 6.80.